The highest BCUT2D eigenvalue weighted by Gasteiger charge is 2.58. The molecule has 20 nitrogen and oxygen atoms in total. The van der Waals surface area contributed by atoms with E-state index < -0.39 is 101 Å². The standard InChI is InChI=1S/C58H79N5O15/c1-12-45-58(8)52(76-56(71)78-58)37(6)62(11)31-33(2)30-57(7,77-46(64)23-26-59-24-15-13-17-38-19-22-43-41(28-38)48(66)42(53(68)69)32-63(43)40-20-21-40)51(75-55-49(67)44(61(9)10)27-34(3)72-55)35(4)50(36(5)54(70)73-45)74-47(65)29-39-18-14-16-25-60-39/h14,16,18-19,22,25,28,32-37,40,44-45,49-52,55,59,67H,12,15,20-21,23-24,26-27,29-31H2,1-11H3,(H,68,69)/t33-,34-,35+,36-,37-,44+,45-,49-,50+,51-,52-,55+,57-,58-/m1/s1. The summed E-state index contributed by atoms with van der Waals surface area (Å²) in [5, 5.41) is 25.2. The van der Waals surface area contributed by atoms with E-state index in [9.17, 15) is 39.0 Å². The largest absolute Gasteiger partial charge is 0.509 e. The molecule has 1 saturated carbocycles. The number of cyclic esters (lactones) is 1. The lowest BCUT2D eigenvalue weighted by Gasteiger charge is -2.48. The van der Waals surface area contributed by atoms with E-state index in [1.165, 1.54) is 6.20 Å². The summed E-state index contributed by atoms with van der Waals surface area (Å²) < 4.78 is 46.3. The van der Waals surface area contributed by atoms with Crippen LogP contribution in [0.15, 0.2) is 53.6 Å². The van der Waals surface area contributed by atoms with E-state index in [4.69, 9.17) is 33.2 Å². The zero-order valence-corrected chi connectivity index (χ0v) is 46.9. The Bertz CT molecular complexity index is 2760. The Morgan fingerprint density at radius 1 is 1.00 bits per heavy atom. The van der Waals surface area contributed by atoms with E-state index >= 15 is 0 Å². The van der Waals surface area contributed by atoms with Crippen molar-refractivity contribution in [2.75, 3.05) is 40.8 Å². The molecule has 2 aromatic heterocycles. The van der Waals surface area contributed by atoms with Crippen molar-refractivity contribution >= 4 is 40.9 Å². The van der Waals surface area contributed by atoms with E-state index in [1.807, 2.05) is 69.3 Å². The number of ether oxygens (including phenoxy) is 7. The van der Waals surface area contributed by atoms with E-state index in [1.54, 1.807) is 64.2 Å². The third-order valence-corrected chi connectivity index (χ3v) is 15.9. The van der Waals surface area contributed by atoms with Gasteiger partial charge in [-0.05, 0) is 124 Å². The number of carbonyl (C=O) groups is 5. The van der Waals surface area contributed by atoms with Crippen molar-refractivity contribution in [2.24, 2.45) is 17.8 Å². The summed E-state index contributed by atoms with van der Waals surface area (Å²) in [6, 6.07) is 9.70. The summed E-state index contributed by atoms with van der Waals surface area (Å²) in [6.07, 6.45) is -2.28. The summed E-state index contributed by atoms with van der Waals surface area (Å²) in [5.74, 6) is 0.433. The topological polar surface area (TPSA) is 244 Å². The van der Waals surface area contributed by atoms with Crippen LogP contribution < -0.4 is 10.7 Å². The molecule has 3 N–H and O–H groups in total. The molecular formula is C58H79N5O15. The van der Waals surface area contributed by atoms with E-state index in [-0.39, 0.29) is 61.9 Å². The molecule has 0 unspecified atom stereocenters. The Morgan fingerprint density at radius 2 is 1.74 bits per heavy atom. The number of likely N-dealkylation sites (N-methyl/N-ethyl adjacent to an activating group) is 2. The van der Waals surface area contributed by atoms with Crippen LogP contribution in [0.2, 0.25) is 0 Å². The zero-order chi connectivity index (χ0) is 56.8. The van der Waals surface area contributed by atoms with Crippen LogP contribution in [0.1, 0.15) is 128 Å². The molecule has 426 valence electrons. The minimum absolute atomic E-state index is 0.0865. The van der Waals surface area contributed by atoms with Gasteiger partial charge in [0.15, 0.2) is 18.0 Å². The van der Waals surface area contributed by atoms with Crippen molar-refractivity contribution in [3.05, 3.63) is 75.8 Å². The smallest absolute Gasteiger partial charge is 0.477 e. The maximum absolute atomic E-state index is 14.7. The minimum atomic E-state index is -1.56. The normalized spacial score (nSPS) is 32.1. The fraction of sp³-hybridized carbons (Fsp3) is 0.638. The van der Waals surface area contributed by atoms with Gasteiger partial charge in [0.2, 0.25) is 5.43 Å². The maximum Gasteiger partial charge on any atom is 0.509 e. The van der Waals surface area contributed by atoms with Gasteiger partial charge in [0, 0.05) is 73.4 Å². The minimum Gasteiger partial charge on any atom is -0.477 e. The van der Waals surface area contributed by atoms with Gasteiger partial charge in [-0.15, -0.1) is 0 Å². The number of aromatic nitrogens is 2. The summed E-state index contributed by atoms with van der Waals surface area (Å²) in [6.45, 7) is 15.3. The molecular weight excluding hydrogens is 1010 g/mol. The zero-order valence-electron chi connectivity index (χ0n) is 46.9. The quantitative estimate of drug-likeness (QED) is 0.0719. The number of fused-ring (bicyclic) bond motifs is 2. The lowest BCUT2D eigenvalue weighted by atomic mass is 9.77. The highest BCUT2D eigenvalue weighted by atomic mass is 16.8. The third kappa shape index (κ3) is 13.9. The fourth-order valence-electron chi connectivity index (χ4n) is 11.6. The monoisotopic (exact) mass is 1090 g/mol. The van der Waals surface area contributed by atoms with Crippen molar-refractivity contribution in [3.8, 4) is 11.8 Å². The van der Waals surface area contributed by atoms with Crippen molar-refractivity contribution in [3.63, 3.8) is 0 Å². The van der Waals surface area contributed by atoms with Gasteiger partial charge >= 0.3 is 30.0 Å². The number of carbonyl (C=O) groups excluding carboxylic acids is 4. The number of aliphatic hydroxyl groups excluding tert-OH is 1. The van der Waals surface area contributed by atoms with Crippen LogP contribution in [-0.2, 0) is 54.0 Å². The molecule has 0 bridgehead atoms. The predicted octanol–water partition coefficient (Wildman–Crippen LogP) is 5.67. The Balaban J connectivity index is 1.18. The number of nitrogens with zero attached hydrogens (tertiary/aromatic N) is 4. The second-order valence-electron chi connectivity index (χ2n) is 22.5. The molecule has 5 heterocycles. The highest BCUT2D eigenvalue weighted by molar-refractivity contribution is 5.93. The van der Waals surface area contributed by atoms with Crippen molar-refractivity contribution in [1.82, 2.24) is 24.7 Å². The number of carboxylic acid groups (broad SMARTS) is 1. The Hall–Kier alpha value is -5.95. The number of aliphatic hydroxyl groups is 1. The van der Waals surface area contributed by atoms with Gasteiger partial charge in [-0.1, -0.05) is 38.7 Å². The second kappa shape index (κ2) is 25.4. The first-order chi connectivity index (χ1) is 36.9. The molecule has 14 atom stereocenters. The number of nitrogens with one attached hydrogen (secondary N) is 1. The number of rotatable bonds is 15. The third-order valence-electron chi connectivity index (χ3n) is 15.9. The van der Waals surface area contributed by atoms with E-state index in [2.05, 4.69) is 22.1 Å². The van der Waals surface area contributed by atoms with Crippen LogP contribution in [0.3, 0.4) is 0 Å². The van der Waals surface area contributed by atoms with Crippen LogP contribution in [0, 0.1) is 29.6 Å². The van der Waals surface area contributed by atoms with Gasteiger partial charge in [-0.2, -0.15) is 0 Å². The van der Waals surface area contributed by atoms with Gasteiger partial charge < -0.3 is 58.2 Å². The van der Waals surface area contributed by atoms with Crippen molar-refractivity contribution in [2.45, 2.75) is 179 Å². The number of hydrogen-bond donors (Lipinski definition) is 3. The maximum atomic E-state index is 14.7. The highest BCUT2D eigenvalue weighted by Crippen LogP contribution is 2.42. The first-order valence-corrected chi connectivity index (χ1v) is 27.3. The molecule has 1 aromatic carbocycles. The molecule has 20 heteroatoms. The number of carboxylic acids is 1. The molecule has 4 fully saturated rings. The fourth-order valence-corrected chi connectivity index (χ4v) is 11.6. The summed E-state index contributed by atoms with van der Waals surface area (Å²) >= 11 is 0. The lowest BCUT2D eigenvalue weighted by Crippen LogP contribution is -2.60. The van der Waals surface area contributed by atoms with Crippen molar-refractivity contribution < 1.29 is 67.3 Å². The van der Waals surface area contributed by atoms with Crippen LogP contribution >= 0.6 is 0 Å². The molecule has 78 heavy (non-hydrogen) atoms. The van der Waals surface area contributed by atoms with Crippen molar-refractivity contribution in [1.29, 1.82) is 0 Å². The Labute approximate surface area is 456 Å². The first kappa shape index (κ1) is 59.7. The molecule has 3 saturated heterocycles. The molecule has 0 amide bonds. The first-order valence-electron chi connectivity index (χ1n) is 27.3. The Kier molecular flexibility index (Phi) is 19.5. The van der Waals surface area contributed by atoms with Gasteiger partial charge in [0.05, 0.1) is 36.1 Å². The molecule has 4 aliphatic rings. The van der Waals surface area contributed by atoms with E-state index in [0.717, 1.165) is 12.8 Å². The summed E-state index contributed by atoms with van der Waals surface area (Å²) in [4.78, 5) is 89.5. The van der Waals surface area contributed by atoms with E-state index in [0.29, 0.717) is 48.1 Å². The predicted molar refractivity (Wildman–Crippen MR) is 286 cm³/mol. The summed E-state index contributed by atoms with van der Waals surface area (Å²) in [5.41, 5.74) is -2.14. The second-order valence-corrected chi connectivity index (χ2v) is 22.5. The van der Waals surface area contributed by atoms with Gasteiger partial charge in [-0.25, -0.2) is 9.59 Å². The molecule has 3 aliphatic heterocycles. The molecule has 0 radical (unpaired) electrons. The summed E-state index contributed by atoms with van der Waals surface area (Å²) in [7, 11) is 5.59. The van der Waals surface area contributed by atoms with Gasteiger partial charge in [-0.3, -0.25) is 29.1 Å². The molecule has 0 spiro atoms. The molecule has 1 aliphatic carbocycles. The van der Waals surface area contributed by atoms with Crippen LogP contribution in [0.25, 0.3) is 10.9 Å². The SMILES string of the molecule is CC[C@H]1OC(=O)[C@H](C)[C@@H](OC(=O)Cc2ccccn2)[C@H](C)[C@@H](O[C@@H]2O[C@H](C)C[C@H](N(C)C)[C@H]2O)[C@](C)(OC(=O)CCNCCC#Cc2ccc3c(c2)c(=O)c(C(=O)O)cn3C2CC2)C[C@@H](C)CN(C)[C@H](C)[C@H]2OC(=O)O[C@@]21C. The van der Waals surface area contributed by atoms with Crippen LogP contribution in [-0.4, -0.2) is 167 Å². The molecule has 3 aromatic rings. The average Bonchev–Trinajstić information content (AvgIpc) is 4.36. The van der Waals surface area contributed by atoms with Crippen LogP contribution in [0.5, 0.6) is 0 Å². The van der Waals surface area contributed by atoms with Gasteiger partial charge in [0.1, 0.15) is 35.6 Å². The lowest BCUT2D eigenvalue weighted by molar-refractivity contribution is -0.301. The molecule has 7 rings (SSSR count). The van der Waals surface area contributed by atoms with Crippen LogP contribution in [0.4, 0.5) is 4.79 Å². The number of aromatic carboxylic acids is 1. The number of benzene rings is 1. The average molecular weight is 1090 g/mol. The van der Waals surface area contributed by atoms with Gasteiger partial charge in [0.25, 0.3) is 0 Å². The number of esters is 3. The number of hydrogen-bond acceptors (Lipinski definition) is 18. The number of pyridine rings is 2. The Morgan fingerprint density at radius 3 is 2.41 bits per heavy atom.